The topological polar surface area (TPSA) is 93.1 Å². The molecule has 0 bridgehead atoms. The molecule has 11 heteroatoms. The smallest absolute Gasteiger partial charge is 0.295 e. The molecule has 9 nitrogen and oxygen atoms in total. The van der Waals surface area contributed by atoms with E-state index < -0.39 is 0 Å². The Morgan fingerprint density at radius 3 is 1.85 bits per heavy atom. The zero-order valence-electron chi connectivity index (χ0n) is 62.5. The van der Waals surface area contributed by atoms with E-state index in [0.717, 1.165) is 46.9 Å². The number of hydrogen-bond donors (Lipinski definition) is 1. The van der Waals surface area contributed by atoms with E-state index in [4.69, 9.17) is 5.11 Å². The summed E-state index contributed by atoms with van der Waals surface area (Å²) in [6, 6.07) is 108. The van der Waals surface area contributed by atoms with Crippen LogP contribution in [-0.2, 0) is 63.5 Å². The van der Waals surface area contributed by atoms with Gasteiger partial charge in [0, 0.05) is 97.7 Å². The number of aryl methyl sites for hydroxylation is 4. The Labute approximate surface area is 668 Å². The van der Waals surface area contributed by atoms with Gasteiger partial charge in [-0.1, -0.05) is 183 Å². The number of imidazole rings is 2. The van der Waals surface area contributed by atoms with Gasteiger partial charge in [-0.25, -0.2) is 9.13 Å². The maximum atomic E-state index is 10.0. The van der Waals surface area contributed by atoms with E-state index in [1.54, 1.807) is 0 Å². The SMILES string of the molecule is CC(=O)C=C(C)O.CC1(C)c2ccc[c-]c2-c2nccc3cccc1c23.Cc1ccc(-c2[c-]cccc2)nc1.Cc1ccc2c(c1)c1cccc3c1c1n2c(-c2c(C)cccc2C)c[n+]1C3.[Ir].[Ir].[c-]1ccccc1-c1nccc2ccccc12.c1ccc2c(c1)C[n+]1c-2n(-c2cccc3ccccc23)c2ccccc21. The maximum absolute atomic E-state index is 10.0. The average Bonchev–Trinajstić information content (AvgIpc) is 1.50. The van der Waals surface area contributed by atoms with Gasteiger partial charge >= 0.3 is 0 Å². The van der Waals surface area contributed by atoms with Crippen LogP contribution in [0.4, 0.5) is 0 Å². The Hall–Kier alpha value is -11.9. The number of carbonyl (C=O) groups excluding carboxylic acids is 1. The first-order valence-corrected chi connectivity index (χ1v) is 36.7. The molecule has 12 aromatic carbocycles. The van der Waals surface area contributed by atoms with Crippen LogP contribution in [0.5, 0.6) is 0 Å². The summed E-state index contributed by atoms with van der Waals surface area (Å²) in [5.74, 6) is 1.21. The second kappa shape index (κ2) is 32.1. The fraction of sp³-hybridized carbons (Fsp3) is 0.111. The van der Waals surface area contributed by atoms with Crippen molar-refractivity contribution in [2.45, 2.75) is 73.9 Å². The Balaban J connectivity index is 0.000000114. The molecular formula is C99H80Ir2N7O2-. The van der Waals surface area contributed by atoms with Crippen LogP contribution in [0.3, 0.4) is 0 Å². The number of aliphatic hydroxyl groups is 1. The fourth-order valence-corrected chi connectivity index (χ4v) is 15.9. The van der Waals surface area contributed by atoms with Crippen LogP contribution in [0.25, 0.3) is 133 Å². The van der Waals surface area contributed by atoms with Crippen molar-refractivity contribution in [3.05, 3.63) is 378 Å². The molecule has 6 aromatic heterocycles. The molecule has 2 radical (unpaired) electrons. The van der Waals surface area contributed by atoms with Crippen LogP contribution in [0.2, 0.25) is 0 Å². The molecular weight excluding hydrogens is 1700 g/mol. The molecule has 110 heavy (non-hydrogen) atoms. The van der Waals surface area contributed by atoms with Gasteiger partial charge in [-0.05, 0) is 162 Å². The summed E-state index contributed by atoms with van der Waals surface area (Å²) in [4.78, 5) is 23.4. The molecule has 18 aromatic rings. The Morgan fingerprint density at radius 2 is 1.12 bits per heavy atom. The number of benzene rings is 12. The number of allylic oxidation sites excluding steroid dienone is 2. The van der Waals surface area contributed by atoms with E-state index in [0.29, 0.717) is 0 Å². The van der Waals surface area contributed by atoms with E-state index in [1.165, 1.54) is 163 Å². The number of pyridine rings is 4. The van der Waals surface area contributed by atoms with Crippen molar-refractivity contribution in [1.82, 2.24) is 23.9 Å². The monoisotopic (exact) mass is 1780 g/mol. The predicted molar refractivity (Wildman–Crippen MR) is 441 cm³/mol. The van der Waals surface area contributed by atoms with Crippen LogP contribution >= 0.6 is 0 Å². The van der Waals surface area contributed by atoms with Crippen molar-refractivity contribution in [1.29, 1.82) is 0 Å². The number of fused-ring (bicyclic) bond motifs is 12. The van der Waals surface area contributed by atoms with Crippen LogP contribution in [0.1, 0.15) is 72.2 Å². The van der Waals surface area contributed by atoms with Gasteiger partial charge in [-0.15, -0.1) is 107 Å². The fourth-order valence-electron chi connectivity index (χ4n) is 15.9. The average molecular weight is 1780 g/mol. The third-order valence-corrected chi connectivity index (χ3v) is 20.8. The molecule has 0 amide bonds. The second-order valence-corrected chi connectivity index (χ2v) is 28.5. The molecule has 0 spiro atoms. The number of ketones is 1. The number of rotatable bonds is 5. The van der Waals surface area contributed by atoms with E-state index in [-0.39, 0.29) is 57.2 Å². The van der Waals surface area contributed by atoms with Gasteiger partial charge in [0.05, 0.1) is 16.7 Å². The van der Waals surface area contributed by atoms with Gasteiger partial charge in [0.1, 0.15) is 30.5 Å². The number of para-hydroxylation sites is 2. The first-order valence-electron chi connectivity index (χ1n) is 36.7. The number of aliphatic hydroxyl groups excluding tert-OH is 1. The van der Waals surface area contributed by atoms with Gasteiger partial charge in [0.15, 0.2) is 22.5 Å². The molecule has 0 saturated heterocycles. The molecule has 542 valence electrons. The van der Waals surface area contributed by atoms with Crippen LogP contribution < -0.4 is 9.13 Å². The first kappa shape index (κ1) is 74.9. The van der Waals surface area contributed by atoms with Gasteiger partial charge in [0.25, 0.3) is 11.5 Å². The molecule has 0 atom stereocenters. The third kappa shape index (κ3) is 14.3. The van der Waals surface area contributed by atoms with Crippen molar-refractivity contribution >= 4 is 76.5 Å². The molecule has 1 N–H and O–H groups in total. The number of nitrogens with zero attached hydrogens (tertiary/aromatic N) is 7. The van der Waals surface area contributed by atoms with Gasteiger partial charge in [0.2, 0.25) is 0 Å². The minimum absolute atomic E-state index is 0. The van der Waals surface area contributed by atoms with Crippen LogP contribution in [0.15, 0.2) is 316 Å². The summed E-state index contributed by atoms with van der Waals surface area (Å²) in [7, 11) is 0. The summed E-state index contributed by atoms with van der Waals surface area (Å²) in [5, 5.41) is 20.0. The molecule has 0 fully saturated rings. The molecule has 0 unspecified atom stereocenters. The van der Waals surface area contributed by atoms with E-state index in [1.807, 2.05) is 104 Å². The molecule has 1 aliphatic carbocycles. The number of aromatic nitrogens is 7. The molecule has 8 heterocycles. The van der Waals surface area contributed by atoms with Crippen molar-refractivity contribution < 1.29 is 59.2 Å². The quantitative estimate of drug-likeness (QED) is 0.0609. The first-order chi connectivity index (χ1) is 52.7. The van der Waals surface area contributed by atoms with Gasteiger partial charge in [-0.3, -0.25) is 4.79 Å². The molecule has 3 aliphatic rings. The van der Waals surface area contributed by atoms with Crippen molar-refractivity contribution in [2.24, 2.45) is 0 Å². The molecule has 21 rings (SSSR count). The van der Waals surface area contributed by atoms with Crippen molar-refractivity contribution in [3.8, 4) is 62.1 Å². The predicted octanol–water partition coefficient (Wildman–Crippen LogP) is 22.5. The summed E-state index contributed by atoms with van der Waals surface area (Å²) >= 11 is 0. The summed E-state index contributed by atoms with van der Waals surface area (Å²) < 4.78 is 9.80. The summed E-state index contributed by atoms with van der Waals surface area (Å²) in [5.41, 5.74) is 27.3. The summed E-state index contributed by atoms with van der Waals surface area (Å²) in [6.45, 7) is 18.0. The van der Waals surface area contributed by atoms with Crippen molar-refractivity contribution in [2.75, 3.05) is 0 Å². The Kier molecular flexibility index (Phi) is 21.8. The van der Waals surface area contributed by atoms with E-state index >= 15 is 0 Å². The normalized spacial score (nSPS) is 12.2. The second-order valence-electron chi connectivity index (χ2n) is 28.5. The minimum atomic E-state index is -0.125. The third-order valence-electron chi connectivity index (χ3n) is 20.8. The van der Waals surface area contributed by atoms with Crippen LogP contribution in [0, 0.1) is 45.9 Å². The Morgan fingerprint density at radius 1 is 0.509 bits per heavy atom. The van der Waals surface area contributed by atoms with Crippen molar-refractivity contribution in [3.63, 3.8) is 0 Å². The number of carbonyl (C=O) groups is 1. The van der Waals surface area contributed by atoms with E-state index in [2.05, 4.69) is 292 Å². The number of hydrogen-bond acceptors (Lipinski definition) is 5. The Bertz CT molecular complexity index is 6480. The largest absolute Gasteiger partial charge is 0.512 e. The molecule has 0 saturated carbocycles. The zero-order valence-corrected chi connectivity index (χ0v) is 67.3. The minimum Gasteiger partial charge on any atom is -0.512 e. The molecule has 2 aliphatic heterocycles. The van der Waals surface area contributed by atoms with Gasteiger partial charge in [-0.2, -0.15) is 8.97 Å². The van der Waals surface area contributed by atoms with Gasteiger partial charge < -0.3 is 20.1 Å². The van der Waals surface area contributed by atoms with Crippen LogP contribution in [-0.4, -0.2) is 34.8 Å². The summed E-state index contributed by atoms with van der Waals surface area (Å²) in [6.07, 6.45) is 9.13. The maximum Gasteiger partial charge on any atom is 0.295 e. The van der Waals surface area contributed by atoms with E-state index in [9.17, 15) is 4.79 Å². The standard InChI is InChI=1S/C25H21N2.C24H17N2.C18H14N.C15H10N.C12H10N.C5H8O2.2Ir/c1-15-10-11-21-20(12-15)19-9-5-8-18-13-26-14-22(27(21)25(26)24(18)19)23-16(2)6-4-7-17(23)3;1-3-11-19-17(8-1)10-7-15-21(19)26-23-14-6-5-13-22(23)25-16-18-9-2-4-12-20(18)24(25)26;1-18(2)14-8-4-3-7-13(14)17-16-12(10-11-19-17)6-5-9-15(16)18;1-2-7-13(8-3-1)15-14-9-5-4-6-12(14)10-11-16-15;1-10-7-8-12(13-9-10)11-5-3-2-4-6-11;1-4(6)3-5(2)7;;/h4-12,14H,13H2,1-3H3;1-15H,16H2;3-6,8-11H,1-2H3;1-7,9-11H;2-5,7-9H,1H3;3,6H,1-2H3;;/q2*+1;3*-1;;;. The zero-order chi connectivity index (χ0) is 74.2.